The van der Waals surface area contributed by atoms with Gasteiger partial charge >= 0.3 is 0 Å². The van der Waals surface area contributed by atoms with Crippen molar-refractivity contribution in [3.05, 3.63) is 18.2 Å². The summed E-state index contributed by atoms with van der Waals surface area (Å²) >= 11 is 0. The molecule has 6 heteroatoms. The summed E-state index contributed by atoms with van der Waals surface area (Å²) in [6, 6.07) is 0.176. The zero-order valence-corrected chi connectivity index (χ0v) is 12.2. The van der Waals surface area contributed by atoms with Gasteiger partial charge in [-0.25, -0.2) is 13.4 Å². The fraction of sp³-hybridized carbons (Fsp3) is 0.750. The van der Waals surface area contributed by atoms with Crippen LogP contribution >= 0.6 is 0 Å². The van der Waals surface area contributed by atoms with E-state index >= 15 is 0 Å². The van der Waals surface area contributed by atoms with Crippen molar-refractivity contribution in [1.82, 2.24) is 14.9 Å². The maximum atomic E-state index is 11.5. The summed E-state index contributed by atoms with van der Waals surface area (Å²) in [7, 11) is -0.905. The monoisotopic (exact) mass is 273 g/mol. The second-order valence-electron chi connectivity index (χ2n) is 4.42. The lowest BCUT2D eigenvalue weighted by Crippen LogP contribution is -2.23. The molecule has 0 aliphatic carbocycles. The van der Waals surface area contributed by atoms with Crippen LogP contribution in [0.3, 0.4) is 0 Å². The summed E-state index contributed by atoms with van der Waals surface area (Å²) in [5.74, 6) is 0.494. The molecule has 0 spiro atoms. The Hall–Kier alpha value is -0.880. The lowest BCUT2D eigenvalue weighted by molar-refractivity contribution is 0.483. The number of aromatic nitrogens is 2. The summed E-state index contributed by atoms with van der Waals surface area (Å²) in [5.41, 5.74) is 1.10. The minimum Gasteiger partial charge on any atom is -0.336 e. The Morgan fingerprint density at radius 2 is 2.17 bits per heavy atom. The second kappa shape index (κ2) is 6.89. The van der Waals surface area contributed by atoms with Crippen molar-refractivity contribution < 1.29 is 8.42 Å². The third-order valence-corrected chi connectivity index (χ3v) is 4.84. The molecule has 1 aromatic rings. The molecule has 0 saturated heterocycles. The van der Waals surface area contributed by atoms with Gasteiger partial charge in [0, 0.05) is 25.0 Å². The molecule has 1 heterocycles. The fourth-order valence-corrected chi connectivity index (χ4v) is 2.85. The molecule has 1 atom stereocenters. The largest absolute Gasteiger partial charge is 0.336 e. The molecule has 0 bridgehead atoms. The molecule has 18 heavy (non-hydrogen) atoms. The van der Waals surface area contributed by atoms with Gasteiger partial charge in [0.1, 0.15) is 9.84 Å². The van der Waals surface area contributed by atoms with Crippen molar-refractivity contribution in [1.29, 1.82) is 0 Å². The maximum absolute atomic E-state index is 11.5. The Balaban J connectivity index is 2.57. The third kappa shape index (κ3) is 4.42. The first-order valence-corrected chi connectivity index (χ1v) is 8.22. The molecule has 0 aromatic carbocycles. The summed E-state index contributed by atoms with van der Waals surface area (Å²) < 4.78 is 24.9. The lowest BCUT2D eigenvalue weighted by atomic mass is 10.1. The number of aryl methyl sites for hydroxylation is 1. The molecule has 0 aliphatic heterocycles. The van der Waals surface area contributed by atoms with Crippen LogP contribution in [-0.2, 0) is 16.9 Å². The van der Waals surface area contributed by atoms with Crippen LogP contribution in [0.2, 0.25) is 0 Å². The number of sulfone groups is 1. The van der Waals surface area contributed by atoms with Gasteiger partial charge in [-0.3, -0.25) is 0 Å². The highest BCUT2D eigenvalue weighted by atomic mass is 32.2. The van der Waals surface area contributed by atoms with Crippen molar-refractivity contribution in [3.8, 4) is 0 Å². The second-order valence-corrected chi connectivity index (χ2v) is 6.89. The topological polar surface area (TPSA) is 64.0 Å². The minimum absolute atomic E-state index is 0.176. The molecule has 1 rings (SSSR count). The zero-order valence-electron chi connectivity index (χ0n) is 11.4. The molecule has 5 nitrogen and oxygen atoms in total. The van der Waals surface area contributed by atoms with E-state index in [1.165, 1.54) is 0 Å². The average Bonchev–Trinajstić information content (AvgIpc) is 2.74. The van der Waals surface area contributed by atoms with Gasteiger partial charge in [-0.15, -0.1) is 0 Å². The van der Waals surface area contributed by atoms with Gasteiger partial charge in [-0.1, -0.05) is 13.8 Å². The molecule has 104 valence electrons. The molecular weight excluding hydrogens is 250 g/mol. The van der Waals surface area contributed by atoms with Gasteiger partial charge in [0.05, 0.1) is 17.8 Å². The highest BCUT2D eigenvalue weighted by Crippen LogP contribution is 2.17. The van der Waals surface area contributed by atoms with E-state index < -0.39 is 9.84 Å². The molecule has 1 aromatic heterocycles. The number of rotatable bonds is 8. The van der Waals surface area contributed by atoms with E-state index in [4.69, 9.17) is 0 Å². The standard InChI is InChI=1S/C12H23N3O2S/c1-4-14-11(12-9-13-10-15(12)3)7-6-8-18(16,17)5-2/h9-11,14H,4-8H2,1-3H3. The highest BCUT2D eigenvalue weighted by molar-refractivity contribution is 7.91. The van der Waals surface area contributed by atoms with Crippen LogP contribution in [0.1, 0.15) is 38.4 Å². The first-order valence-electron chi connectivity index (χ1n) is 6.40. The smallest absolute Gasteiger partial charge is 0.150 e. The number of imidazole rings is 1. The van der Waals surface area contributed by atoms with Crippen LogP contribution in [0, 0.1) is 0 Å². The molecule has 0 radical (unpaired) electrons. The van der Waals surface area contributed by atoms with E-state index in [-0.39, 0.29) is 17.5 Å². The van der Waals surface area contributed by atoms with Crippen LogP contribution < -0.4 is 5.32 Å². The van der Waals surface area contributed by atoms with E-state index in [1.54, 1.807) is 13.3 Å². The summed E-state index contributed by atoms with van der Waals surface area (Å²) in [4.78, 5) is 4.10. The predicted octanol–water partition coefficient (Wildman–Crippen LogP) is 1.29. The van der Waals surface area contributed by atoms with E-state index in [2.05, 4.69) is 10.3 Å². The van der Waals surface area contributed by atoms with Crippen molar-refractivity contribution in [2.75, 3.05) is 18.1 Å². The quantitative estimate of drug-likeness (QED) is 0.775. The van der Waals surface area contributed by atoms with Gasteiger partial charge < -0.3 is 9.88 Å². The normalized spacial score (nSPS) is 13.7. The Morgan fingerprint density at radius 1 is 1.44 bits per heavy atom. The highest BCUT2D eigenvalue weighted by Gasteiger charge is 2.15. The van der Waals surface area contributed by atoms with Crippen LogP contribution in [0.15, 0.2) is 12.5 Å². The van der Waals surface area contributed by atoms with Crippen LogP contribution in [-0.4, -0.2) is 36.0 Å². The molecule has 1 N–H and O–H groups in total. The van der Waals surface area contributed by atoms with Crippen LogP contribution in [0.5, 0.6) is 0 Å². The van der Waals surface area contributed by atoms with Gasteiger partial charge in [-0.05, 0) is 19.4 Å². The van der Waals surface area contributed by atoms with Crippen LogP contribution in [0.4, 0.5) is 0 Å². The Kier molecular flexibility index (Phi) is 5.81. The van der Waals surface area contributed by atoms with E-state index in [0.29, 0.717) is 6.42 Å². The number of nitrogens with zero attached hydrogens (tertiary/aromatic N) is 2. The summed E-state index contributed by atoms with van der Waals surface area (Å²) in [6.45, 7) is 4.60. The van der Waals surface area contributed by atoms with Gasteiger partial charge in [0.15, 0.2) is 0 Å². The van der Waals surface area contributed by atoms with E-state index in [9.17, 15) is 8.42 Å². The molecule has 1 unspecified atom stereocenters. The average molecular weight is 273 g/mol. The molecule has 0 amide bonds. The van der Waals surface area contributed by atoms with E-state index in [1.807, 2.05) is 24.7 Å². The predicted molar refractivity (Wildman–Crippen MR) is 73.2 cm³/mol. The van der Waals surface area contributed by atoms with Crippen molar-refractivity contribution in [2.45, 2.75) is 32.7 Å². The molecule has 0 fully saturated rings. The van der Waals surface area contributed by atoms with Gasteiger partial charge in [0.2, 0.25) is 0 Å². The van der Waals surface area contributed by atoms with Crippen molar-refractivity contribution in [2.24, 2.45) is 7.05 Å². The fourth-order valence-electron chi connectivity index (χ4n) is 1.96. The number of hydrogen-bond acceptors (Lipinski definition) is 4. The zero-order chi connectivity index (χ0) is 13.6. The third-order valence-electron chi connectivity index (χ3n) is 3.05. The van der Waals surface area contributed by atoms with Gasteiger partial charge in [-0.2, -0.15) is 0 Å². The molecular formula is C12H23N3O2S. The molecule has 0 saturated carbocycles. The summed E-state index contributed by atoms with van der Waals surface area (Å²) in [5, 5.41) is 3.37. The first-order chi connectivity index (χ1) is 8.50. The Bertz CT molecular complexity index is 454. The Morgan fingerprint density at radius 3 is 2.67 bits per heavy atom. The van der Waals surface area contributed by atoms with Crippen molar-refractivity contribution in [3.63, 3.8) is 0 Å². The minimum atomic E-state index is -2.86. The van der Waals surface area contributed by atoms with E-state index in [0.717, 1.165) is 18.7 Å². The van der Waals surface area contributed by atoms with Crippen LogP contribution in [0.25, 0.3) is 0 Å². The SMILES string of the molecule is CCNC(CCCS(=O)(=O)CC)c1cncn1C. The number of hydrogen-bond donors (Lipinski definition) is 1. The maximum Gasteiger partial charge on any atom is 0.150 e. The van der Waals surface area contributed by atoms with Gasteiger partial charge in [0.25, 0.3) is 0 Å². The lowest BCUT2D eigenvalue weighted by Gasteiger charge is -2.18. The number of nitrogens with one attached hydrogen (secondary N) is 1. The molecule has 0 aliphatic rings. The van der Waals surface area contributed by atoms with Crippen molar-refractivity contribution >= 4 is 9.84 Å². The summed E-state index contributed by atoms with van der Waals surface area (Å²) in [6.07, 6.45) is 5.09. The Labute approximate surface area is 110 Å². The first kappa shape index (κ1) is 15.2.